The van der Waals surface area contributed by atoms with Gasteiger partial charge in [0.2, 0.25) is 0 Å². The molecule has 102 valence electrons. The number of benzene rings is 1. The van der Waals surface area contributed by atoms with Crippen molar-refractivity contribution in [3.63, 3.8) is 0 Å². The number of hydrogen-bond acceptors (Lipinski definition) is 5. The maximum absolute atomic E-state index is 11.1. The molecule has 0 saturated carbocycles. The van der Waals surface area contributed by atoms with Crippen LogP contribution in [0.3, 0.4) is 0 Å². The highest BCUT2D eigenvalue weighted by Gasteiger charge is 2.00. The minimum absolute atomic E-state index is 0.391. The number of esters is 1. The molecule has 0 spiro atoms. The molecule has 0 unspecified atom stereocenters. The minimum atomic E-state index is -0.391. The Bertz CT molecular complexity index is 639. The molecule has 1 heterocycles. The topological polar surface area (TPSA) is 77.2 Å². The number of anilines is 3. The van der Waals surface area contributed by atoms with E-state index in [0.717, 1.165) is 11.3 Å². The fraction of sp³-hybridized carbons (Fsp3) is 0.0667. The number of carbonyl (C=O) groups excluding carboxylic acids is 1. The molecule has 0 fully saturated rings. The molecule has 0 saturated heterocycles. The second kappa shape index (κ2) is 6.38. The number of rotatable bonds is 4. The zero-order chi connectivity index (χ0) is 14.4. The summed E-state index contributed by atoms with van der Waals surface area (Å²) in [6, 6.07) is 11.1. The third-order valence-corrected chi connectivity index (χ3v) is 2.60. The summed E-state index contributed by atoms with van der Waals surface area (Å²) in [6.07, 6.45) is 4.72. The van der Waals surface area contributed by atoms with E-state index in [2.05, 4.69) is 15.0 Å². The Morgan fingerprint density at radius 2 is 2.20 bits per heavy atom. The van der Waals surface area contributed by atoms with Crippen molar-refractivity contribution >= 4 is 29.2 Å². The molecule has 2 rings (SSSR count). The lowest BCUT2D eigenvalue weighted by Crippen LogP contribution is -1.98. The molecular weight excluding hydrogens is 254 g/mol. The summed E-state index contributed by atoms with van der Waals surface area (Å²) < 4.78 is 4.55. The van der Waals surface area contributed by atoms with E-state index in [9.17, 15) is 4.79 Å². The Labute approximate surface area is 117 Å². The largest absolute Gasteiger partial charge is 0.466 e. The fourth-order valence-corrected chi connectivity index (χ4v) is 1.61. The maximum Gasteiger partial charge on any atom is 0.330 e. The summed E-state index contributed by atoms with van der Waals surface area (Å²) in [5, 5.41) is 3.13. The smallest absolute Gasteiger partial charge is 0.330 e. The van der Waals surface area contributed by atoms with Crippen molar-refractivity contribution in [1.29, 1.82) is 0 Å². The molecule has 5 nitrogen and oxygen atoms in total. The Morgan fingerprint density at radius 3 is 2.95 bits per heavy atom. The van der Waals surface area contributed by atoms with Crippen molar-refractivity contribution in [2.24, 2.45) is 0 Å². The van der Waals surface area contributed by atoms with Gasteiger partial charge in [-0.05, 0) is 35.9 Å². The number of methoxy groups -OCH3 is 1. The van der Waals surface area contributed by atoms with Crippen LogP contribution in [0, 0.1) is 0 Å². The third kappa shape index (κ3) is 3.58. The third-order valence-electron chi connectivity index (χ3n) is 2.60. The van der Waals surface area contributed by atoms with Crippen LogP contribution in [0.4, 0.5) is 17.2 Å². The van der Waals surface area contributed by atoms with Gasteiger partial charge in [0.05, 0.1) is 12.8 Å². The summed E-state index contributed by atoms with van der Waals surface area (Å²) in [5.41, 5.74) is 8.10. The molecule has 0 amide bonds. The summed E-state index contributed by atoms with van der Waals surface area (Å²) in [6.45, 7) is 0. The lowest BCUT2D eigenvalue weighted by atomic mass is 10.2. The molecule has 0 bridgehead atoms. The first kappa shape index (κ1) is 13.6. The van der Waals surface area contributed by atoms with Crippen molar-refractivity contribution in [1.82, 2.24) is 4.98 Å². The van der Waals surface area contributed by atoms with E-state index in [4.69, 9.17) is 5.73 Å². The number of nitrogens with two attached hydrogens (primary N) is 1. The van der Waals surface area contributed by atoms with Crippen LogP contribution in [-0.4, -0.2) is 18.1 Å². The maximum atomic E-state index is 11.1. The first-order valence-corrected chi connectivity index (χ1v) is 6.02. The molecule has 1 aromatic heterocycles. The lowest BCUT2D eigenvalue weighted by molar-refractivity contribution is -0.134. The molecule has 1 aromatic carbocycles. The van der Waals surface area contributed by atoms with Gasteiger partial charge in [0, 0.05) is 18.0 Å². The van der Waals surface area contributed by atoms with Crippen LogP contribution in [0.15, 0.2) is 48.7 Å². The van der Waals surface area contributed by atoms with Crippen LogP contribution in [0.1, 0.15) is 5.56 Å². The quantitative estimate of drug-likeness (QED) is 0.659. The zero-order valence-electron chi connectivity index (χ0n) is 11.0. The zero-order valence-corrected chi connectivity index (χ0v) is 11.0. The average Bonchev–Trinajstić information content (AvgIpc) is 2.47. The monoisotopic (exact) mass is 269 g/mol. The summed E-state index contributed by atoms with van der Waals surface area (Å²) in [7, 11) is 1.34. The molecule has 0 radical (unpaired) electrons. The number of nitrogen functional groups attached to an aromatic ring is 1. The van der Waals surface area contributed by atoms with Crippen LogP contribution < -0.4 is 11.1 Å². The van der Waals surface area contributed by atoms with E-state index in [1.54, 1.807) is 24.4 Å². The van der Waals surface area contributed by atoms with Crippen molar-refractivity contribution in [3.05, 3.63) is 54.2 Å². The first-order chi connectivity index (χ1) is 9.69. The second-order valence-corrected chi connectivity index (χ2v) is 4.05. The number of nitrogens with zero attached hydrogens (tertiary/aromatic N) is 1. The van der Waals surface area contributed by atoms with Gasteiger partial charge in [-0.25, -0.2) is 9.78 Å². The normalized spacial score (nSPS) is 10.4. The van der Waals surface area contributed by atoms with Crippen molar-refractivity contribution in [2.75, 3.05) is 18.2 Å². The number of pyridine rings is 1. The Balaban J connectivity index is 2.16. The van der Waals surface area contributed by atoms with Gasteiger partial charge >= 0.3 is 5.97 Å². The molecule has 0 aliphatic rings. The Kier molecular flexibility index (Phi) is 4.34. The molecule has 0 aliphatic heterocycles. The highest BCUT2D eigenvalue weighted by atomic mass is 16.5. The second-order valence-electron chi connectivity index (χ2n) is 4.05. The van der Waals surface area contributed by atoms with E-state index in [-0.39, 0.29) is 0 Å². The summed E-state index contributed by atoms with van der Waals surface area (Å²) >= 11 is 0. The minimum Gasteiger partial charge on any atom is -0.466 e. The van der Waals surface area contributed by atoms with E-state index in [1.165, 1.54) is 13.2 Å². The van der Waals surface area contributed by atoms with Gasteiger partial charge in [0.1, 0.15) is 0 Å². The van der Waals surface area contributed by atoms with Crippen LogP contribution >= 0.6 is 0 Å². The summed E-state index contributed by atoms with van der Waals surface area (Å²) in [5.74, 6) is 0.207. The van der Waals surface area contributed by atoms with Gasteiger partial charge in [-0.15, -0.1) is 0 Å². The Hall–Kier alpha value is -2.82. The van der Waals surface area contributed by atoms with Crippen molar-refractivity contribution < 1.29 is 9.53 Å². The van der Waals surface area contributed by atoms with Crippen LogP contribution in [0.5, 0.6) is 0 Å². The van der Waals surface area contributed by atoms with Gasteiger partial charge in [0.25, 0.3) is 0 Å². The first-order valence-electron chi connectivity index (χ1n) is 6.02. The lowest BCUT2D eigenvalue weighted by Gasteiger charge is -2.08. The van der Waals surface area contributed by atoms with E-state index in [1.807, 2.05) is 24.3 Å². The molecular formula is C15H15N3O2. The van der Waals surface area contributed by atoms with Gasteiger partial charge in [-0.1, -0.05) is 12.1 Å². The molecule has 5 heteroatoms. The number of nitrogens with one attached hydrogen (secondary N) is 1. The average molecular weight is 269 g/mol. The van der Waals surface area contributed by atoms with E-state index in [0.29, 0.717) is 11.5 Å². The van der Waals surface area contributed by atoms with Gasteiger partial charge in [0.15, 0.2) is 5.82 Å². The fourth-order valence-electron chi connectivity index (χ4n) is 1.61. The highest BCUT2D eigenvalue weighted by Crippen LogP contribution is 2.21. The van der Waals surface area contributed by atoms with E-state index >= 15 is 0 Å². The molecule has 20 heavy (non-hydrogen) atoms. The number of ether oxygens (including phenoxy) is 1. The van der Waals surface area contributed by atoms with Gasteiger partial charge in [-0.3, -0.25) is 0 Å². The van der Waals surface area contributed by atoms with E-state index < -0.39 is 5.97 Å². The highest BCUT2D eigenvalue weighted by molar-refractivity contribution is 5.87. The standard InChI is InChI=1S/C15H15N3O2/c1-20-14(19)8-7-11-4-2-5-12(10-11)18-15-13(16)6-3-9-17-15/h2-10H,16H2,1H3,(H,17,18)/b8-7+. The summed E-state index contributed by atoms with van der Waals surface area (Å²) in [4.78, 5) is 15.2. The molecule has 2 aromatic rings. The predicted octanol–water partition coefficient (Wildman–Crippen LogP) is 2.59. The molecule has 0 atom stereocenters. The number of carbonyl (C=O) groups is 1. The molecule has 0 aliphatic carbocycles. The van der Waals surface area contributed by atoms with Crippen LogP contribution in [-0.2, 0) is 9.53 Å². The number of aromatic nitrogens is 1. The Morgan fingerprint density at radius 1 is 1.35 bits per heavy atom. The van der Waals surface area contributed by atoms with Crippen LogP contribution in [0.2, 0.25) is 0 Å². The van der Waals surface area contributed by atoms with Gasteiger partial charge in [-0.2, -0.15) is 0 Å². The number of hydrogen-bond donors (Lipinski definition) is 2. The predicted molar refractivity (Wildman–Crippen MR) is 79.4 cm³/mol. The van der Waals surface area contributed by atoms with Crippen LogP contribution in [0.25, 0.3) is 6.08 Å². The van der Waals surface area contributed by atoms with Gasteiger partial charge < -0.3 is 15.8 Å². The SMILES string of the molecule is COC(=O)/C=C/c1cccc(Nc2ncccc2N)c1. The molecule has 3 N–H and O–H groups in total. The van der Waals surface area contributed by atoms with Crippen molar-refractivity contribution in [3.8, 4) is 0 Å². The van der Waals surface area contributed by atoms with Crippen molar-refractivity contribution in [2.45, 2.75) is 0 Å².